The molecule has 2 aromatic heterocycles. The summed E-state index contributed by atoms with van der Waals surface area (Å²) in [6.45, 7) is 1.04. The topological polar surface area (TPSA) is 70.8 Å². The molecule has 0 radical (unpaired) electrons. The van der Waals surface area contributed by atoms with Crippen molar-refractivity contribution in [2.45, 2.75) is 12.3 Å². The van der Waals surface area contributed by atoms with Crippen molar-refractivity contribution >= 4 is 16.0 Å². The lowest BCUT2D eigenvalue weighted by atomic mass is 10.0. The predicted octanol–water partition coefficient (Wildman–Crippen LogP) is 0.325. The lowest BCUT2D eigenvalue weighted by Gasteiger charge is -2.21. The van der Waals surface area contributed by atoms with Crippen molar-refractivity contribution in [2.24, 2.45) is 0 Å². The zero-order valence-electron chi connectivity index (χ0n) is 11.5. The lowest BCUT2D eigenvalue weighted by molar-refractivity contribution is 0.418. The van der Waals surface area contributed by atoms with Crippen molar-refractivity contribution < 1.29 is 8.42 Å². The van der Waals surface area contributed by atoms with Gasteiger partial charge in [-0.25, -0.2) is 9.97 Å². The van der Waals surface area contributed by atoms with E-state index >= 15 is 0 Å². The van der Waals surface area contributed by atoms with Crippen LogP contribution in [0.25, 0.3) is 5.78 Å². The molecular formula is C12H17N5O2S. The van der Waals surface area contributed by atoms with Gasteiger partial charge in [-0.2, -0.15) is 17.0 Å². The summed E-state index contributed by atoms with van der Waals surface area (Å²) in [4.78, 5) is 8.34. The van der Waals surface area contributed by atoms with Crippen molar-refractivity contribution in [3.8, 4) is 0 Å². The molecule has 0 bridgehead atoms. The van der Waals surface area contributed by atoms with Gasteiger partial charge in [-0.15, -0.1) is 0 Å². The molecule has 3 rings (SSSR count). The first kappa shape index (κ1) is 13.5. The van der Waals surface area contributed by atoms with Crippen molar-refractivity contribution in [1.82, 2.24) is 23.0 Å². The van der Waals surface area contributed by atoms with Gasteiger partial charge in [-0.05, 0) is 12.5 Å². The lowest BCUT2D eigenvalue weighted by Crippen LogP contribution is -2.38. The Morgan fingerprint density at radius 3 is 2.80 bits per heavy atom. The highest BCUT2D eigenvalue weighted by atomic mass is 32.2. The molecule has 0 aromatic carbocycles. The first-order chi connectivity index (χ1) is 9.50. The minimum absolute atomic E-state index is 0.171. The molecule has 108 valence electrons. The Labute approximate surface area is 118 Å². The highest BCUT2D eigenvalue weighted by Crippen LogP contribution is 2.29. The van der Waals surface area contributed by atoms with Gasteiger partial charge in [0.2, 0.25) is 5.78 Å². The summed E-state index contributed by atoms with van der Waals surface area (Å²) in [5, 5.41) is 0. The molecule has 1 atom stereocenters. The van der Waals surface area contributed by atoms with Crippen LogP contribution in [0.1, 0.15) is 18.0 Å². The predicted molar refractivity (Wildman–Crippen MR) is 74.5 cm³/mol. The summed E-state index contributed by atoms with van der Waals surface area (Å²) in [6.07, 6.45) is 6.10. The number of hydrogen-bond donors (Lipinski definition) is 0. The van der Waals surface area contributed by atoms with Gasteiger partial charge in [0.25, 0.3) is 10.2 Å². The van der Waals surface area contributed by atoms with Gasteiger partial charge < -0.3 is 0 Å². The van der Waals surface area contributed by atoms with Gasteiger partial charge in [-0.1, -0.05) is 0 Å². The molecule has 0 spiro atoms. The Kier molecular flexibility index (Phi) is 3.23. The standard InChI is InChI=1S/C12H17N5O2S/c1-15(2)20(18,19)16-7-4-10(9-16)11-3-5-13-12-14-6-8-17(11)12/h3,5-6,8,10H,4,7,9H2,1-2H3. The fourth-order valence-electron chi connectivity index (χ4n) is 2.60. The minimum atomic E-state index is -3.33. The van der Waals surface area contributed by atoms with Crippen LogP contribution >= 0.6 is 0 Å². The van der Waals surface area contributed by atoms with Crippen LogP contribution in [0.3, 0.4) is 0 Å². The molecule has 1 saturated heterocycles. The molecular weight excluding hydrogens is 278 g/mol. The summed E-state index contributed by atoms with van der Waals surface area (Å²) in [5.74, 6) is 0.820. The molecule has 3 heterocycles. The summed E-state index contributed by atoms with van der Waals surface area (Å²) < 4.78 is 29.0. The van der Waals surface area contributed by atoms with Crippen molar-refractivity contribution in [2.75, 3.05) is 27.2 Å². The van der Waals surface area contributed by atoms with Crippen LogP contribution in [0.4, 0.5) is 0 Å². The van der Waals surface area contributed by atoms with Crippen LogP contribution in [0.15, 0.2) is 24.7 Å². The monoisotopic (exact) mass is 295 g/mol. The second kappa shape index (κ2) is 4.80. The Hall–Kier alpha value is -1.51. The molecule has 0 amide bonds. The SMILES string of the molecule is CN(C)S(=O)(=O)N1CCC(c2ccnc3nccn23)C1. The van der Waals surface area contributed by atoms with Crippen LogP contribution in [-0.4, -0.2) is 58.6 Å². The van der Waals surface area contributed by atoms with Crippen molar-refractivity contribution in [3.63, 3.8) is 0 Å². The maximum atomic E-state index is 12.1. The number of nitrogens with zero attached hydrogens (tertiary/aromatic N) is 5. The summed E-state index contributed by atoms with van der Waals surface area (Å²) in [5.41, 5.74) is 1.06. The Morgan fingerprint density at radius 2 is 2.05 bits per heavy atom. The zero-order chi connectivity index (χ0) is 14.3. The van der Waals surface area contributed by atoms with Crippen molar-refractivity contribution in [1.29, 1.82) is 0 Å². The third kappa shape index (κ3) is 2.09. The number of imidazole rings is 1. The highest BCUT2D eigenvalue weighted by Gasteiger charge is 2.34. The highest BCUT2D eigenvalue weighted by molar-refractivity contribution is 7.86. The Morgan fingerprint density at radius 1 is 1.30 bits per heavy atom. The molecule has 0 aliphatic carbocycles. The van der Waals surface area contributed by atoms with E-state index in [9.17, 15) is 8.42 Å². The van der Waals surface area contributed by atoms with E-state index in [0.717, 1.165) is 12.1 Å². The van der Waals surface area contributed by atoms with Gasteiger partial charge in [0.15, 0.2) is 0 Å². The molecule has 1 aliphatic heterocycles. The quantitative estimate of drug-likeness (QED) is 0.818. The summed E-state index contributed by atoms with van der Waals surface area (Å²) in [6, 6.07) is 1.94. The number of rotatable bonds is 3. The van der Waals surface area contributed by atoms with Gasteiger partial charge in [-0.3, -0.25) is 4.40 Å². The number of aromatic nitrogens is 3. The smallest absolute Gasteiger partial charge is 0.281 e. The number of fused-ring (bicyclic) bond motifs is 1. The molecule has 1 fully saturated rings. The number of hydrogen-bond acceptors (Lipinski definition) is 4. The first-order valence-corrected chi connectivity index (χ1v) is 7.85. The molecule has 1 aliphatic rings. The molecule has 0 saturated carbocycles. The average molecular weight is 295 g/mol. The largest absolute Gasteiger partial charge is 0.288 e. The van der Waals surface area contributed by atoms with E-state index in [-0.39, 0.29) is 5.92 Å². The van der Waals surface area contributed by atoms with Crippen LogP contribution in [-0.2, 0) is 10.2 Å². The Balaban J connectivity index is 1.90. The fraction of sp³-hybridized carbons (Fsp3) is 0.500. The van der Waals surface area contributed by atoms with E-state index in [2.05, 4.69) is 9.97 Å². The average Bonchev–Trinajstić information content (AvgIpc) is 3.07. The molecule has 8 heteroatoms. The second-order valence-corrected chi connectivity index (χ2v) is 7.24. The van der Waals surface area contributed by atoms with Crippen LogP contribution in [0.5, 0.6) is 0 Å². The maximum Gasteiger partial charge on any atom is 0.281 e. The first-order valence-electron chi connectivity index (χ1n) is 6.45. The third-order valence-electron chi connectivity index (χ3n) is 3.69. The van der Waals surface area contributed by atoms with E-state index in [1.807, 2.05) is 16.7 Å². The third-order valence-corrected chi connectivity index (χ3v) is 5.60. The zero-order valence-corrected chi connectivity index (χ0v) is 12.3. The molecule has 7 nitrogen and oxygen atoms in total. The molecule has 1 unspecified atom stereocenters. The maximum absolute atomic E-state index is 12.1. The van der Waals surface area contributed by atoms with E-state index in [1.165, 1.54) is 8.61 Å². The van der Waals surface area contributed by atoms with Gasteiger partial charge in [0, 0.05) is 57.4 Å². The normalized spacial score (nSPS) is 21.1. The van der Waals surface area contributed by atoms with Crippen LogP contribution in [0, 0.1) is 0 Å². The Bertz CT molecular complexity index is 724. The van der Waals surface area contributed by atoms with E-state index < -0.39 is 10.2 Å². The summed E-state index contributed by atoms with van der Waals surface area (Å²) in [7, 11) is -0.214. The minimum Gasteiger partial charge on any atom is -0.288 e. The van der Waals surface area contributed by atoms with Crippen LogP contribution in [0.2, 0.25) is 0 Å². The summed E-state index contributed by atoms with van der Waals surface area (Å²) >= 11 is 0. The van der Waals surface area contributed by atoms with Crippen LogP contribution < -0.4 is 0 Å². The molecule has 20 heavy (non-hydrogen) atoms. The second-order valence-electron chi connectivity index (χ2n) is 5.10. The molecule has 2 aromatic rings. The van der Waals surface area contributed by atoms with Crippen molar-refractivity contribution in [3.05, 3.63) is 30.4 Å². The molecule has 0 N–H and O–H groups in total. The fourth-order valence-corrected chi connectivity index (χ4v) is 3.76. The van der Waals surface area contributed by atoms with E-state index in [1.54, 1.807) is 26.5 Å². The van der Waals surface area contributed by atoms with Gasteiger partial charge >= 0.3 is 0 Å². The van der Waals surface area contributed by atoms with Gasteiger partial charge in [0.1, 0.15) is 0 Å². The van der Waals surface area contributed by atoms with Gasteiger partial charge in [0.05, 0.1) is 0 Å². The van der Waals surface area contributed by atoms with E-state index in [0.29, 0.717) is 18.9 Å². The van der Waals surface area contributed by atoms with E-state index in [4.69, 9.17) is 0 Å².